The van der Waals surface area contributed by atoms with Gasteiger partial charge in [0, 0.05) is 29.9 Å². The summed E-state index contributed by atoms with van der Waals surface area (Å²) in [4.78, 5) is 27.7. The van der Waals surface area contributed by atoms with Crippen LogP contribution < -0.4 is 10.1 Å². The van der Waals surface area contributed by atoms with Crippen LogP contribution in [0.15, 0.2) is 42.5 Å². The first-order valence-electron chi connectivity index (χ1n) is 11.3. The van der Waals surface area contributed by atoms with Gasteiger partial charge in [-0.25, -0.2) is 0 Å². The van der Waals surface area contributed by atoms with Gasteiger partial charge >= 0.3 is 0 Å². The summed E-state index contributed by atoms with van der Waals surface area (Å²) < 4.78 is 5.94. The molecule has 1 N–H and O–H groups in total. The van der Waals surface area contributed by atoms with Crippen molar-refractivity contribution in [2.45, 2.75) is 44.9 Å². The second-order valence-electron chi connectivity index (χ2n) is 8.60. The van der Waals surface area contributed by atoms with Crippen molar-refractivity contribution in [1.82, 2.24) is 4.90 Å². The number of carbonyl (C=O) groups excluding carboxylic acids is 2. The zero-order valence-corrected chi connectivity index (χ0v) is 19.5. The molecular weight excluding hydrogens is 447 g/mol. The molecule has 7 heteroatoms. The molecule has 32 heavy (non-hydrogen) atoms. The lowest BCUT2D eigenvalue weighted by atomic mass is 9.87. The van der Waals surface area contributed by atoms with Gasteiger partial charge < -0.3 is 15.0 Å². The Labute approximate surface area is 199 Å². The molecule has 1 heterocycles. The predicted octanol–water partition coefficient (Wildman–Crippen LogP) is 6.54. The van der Waals surface area contributed by atoms with Gasteiger partial charge in [-0.15, -0.1) is 0 Å². The van der Waals surface area contributed by atoms with Crippen molar-refractivity contribution in [1.29, 1.82) is 0 Å². The molecule has 2 aromatic rings. The van der Waals surface area contributed by atoms with E-state index in [2.05, 4.69) is 5.32 Å². The fourth-order valence-electron chi connectivity index (χ4n) is 4.54. The van der Waals surface area contributed by atoms with Crippen molar-refractivity contribution in [2.24, 2.45) is 11.8 Å². The molecule has 2 aromatic carbocycles. The van der Waals surface area contributed by atoms with Crippen LogP contribution in [-0.2, 0) is 9.59 Å². The molecule has 1 aliphatic carbocycles. The van der Waals surface area contributed by atoms with Crippen molar-refractivity contribution >= 4 is 40.7 Å². The van der Waals surface area contributed by atoms with Crippen molar-refractivity contribution in [3.63, 3.8) is 0 Å². The van der Waals surface area contributed by atoms with Gasteiger partial charge in [0.2, 0.25) is 11.8 Å². The molecule has 5 nitrogen and oxygen atoms in total. The van der Waals surface area contributed by atoms with E-state index in [1.165, 1.54) is 6.42 Å². The summed E-state index contributed by atoms with van der Waals surface area (Å²) in [7, 11) is 0. The van der Waals surface area contributed by atoms with Crippen LogP contribution >= 0.6 is 23.2 Å². The minimum Gasteiger partial charge on any atom is -0.454 e. The molecule has 1 saturated heterocycles. The lowest BCUT2D eigenvalue weighted by Gasteiger charge is -2.34. The Kier molecular flexibility index (Phi) is 7.59. The largest absolute Gasteiger partial charge is 0.454 e. The van der Waals surface area contributed by atoms with Gasteiger partial charge in [-0.1, -0.05) is 54.6 Å². The van der Waals surface area contributed by atoms with E-state index in [0.717, 1.165) is 25.7 Å². The van der Waals surface area contributed by atoms with E-state index < -0.39 is 0 Å². The second-order valence-corrected chi connectivity index (χ2v) is 9.44. The predicted molar refractivity (Wildman–Crippen MR) is 127 cm³/mol. The molecule has 0 unspecified atom stereocenters. The highest BCUT2D eigenvalue weighted by molar-refractivity contribution is 6.35. The van der Waals surface area contributed by atoms with Crippen LogP contribution in [0.5, 0.6) is 11.5 Å². The number of piperidine rings is 1. The zero-order valence-electron chi connectivity index (χ0n) is 18.0. The van der Waals surface area contributed by atoms with E-state index >= 15 is 0 Å². The van der Waals surface area contributed by atoms with E-state index in [0.29, 0.717) is 53.2 Å². The number of halogens is 2. The Morgan fingerprint density at radius 2 is 1.59 bits per heavy atom. The van der Waals surface area contributed by atoms with E-state index in [-0.39, 0.29) is 23.7 Å². The van der Waals surface area contributed by atoms with Crippen molar-refractivity contribution in [3.05, 3.63) is 52.5 Å². The summed E-state index contributed by atoms with van der Waals surface area (Å²) in [6.45, 7) is 1.29. The van der Waals surface area contributed by atoms with Crippen LogP contribution in [0.4, 0.5) is 5.69 Å². The Hall–Kier alpha value is -2.24. The minimum absolute atomic E-state index is 0.0481. The maximum atomic E-state index is 12.9. The van der Waals surface area contributed by atoms with E-state index in [1.807, 2.05) is 17.0 Å². The highest BCUT2D eigenvalue weighted by Crippen LogP contribution is 2.35. The molecule has 0 bridgehead atoms. The van der Waals surface area contributed by atoms with E-state index in [1.54, 1.807) is 30.3 Å². The number of likely N-dealkylation sites (tertiary alicyclic amines) is 1. The SMILES string of the molecule is O=C(Nc1ccccc1Oc1ccc(Cl)cc1Cl)C1CCN(C(=O)C2CCCCC2)CC1. The van der Waals surface area contributed by atoms with E-state index in [4.69, 9.17) is 27.9 Å². The second kappa shape index (κ2) is 10.6. The number of benzene rings is 2. The lowest BCUT2D eigenvalue weighted by molar-refractivity contribution is -0.139. The number of nitrogens with zero attached hydrogens (tertiary/aromatic N) is 1. The van der Waals surface area contributed by atoms with Crippen LogP contribution in [0.2, 0.25) is 10.0 Å². The maximum Gasteiger partial charge on any atom is 0.227 e. The summed E-state index contributed by atoms with van der Waals surface area (Å²) in [6, 6.07) is 12.3. The van der Waals surface area contributed by atoms with Crippen LogP contribution in [0, 0.1) is 11.8 Å². The summed E-state index contributed by atoms with van der Waals surface area (Å²) in [6.07, 6.45) is 6.91. The van der Waals surface area contributed by atoms with Crippen molar-refractivity contribution in [3.8, 4) is 11.5 Å². The monoisotopic (exact) mass is 474 g/mol. The Morgan fingerprint density at radius 1 is 0.875 bits per heavy atom. The number of ether oxygens (including phenoxy) is 1. The van der Waals surface area contributed by atoms with Gasteiger partial charge in [-0.3, -0.25) is 9.59 Å². The smallest absolute Gasteiger partial charge is 0.227 e. The van der Waals surface area contributed by atoms with Crippen LogP contribution in [0.25, 0.3) is 0 Å². The lowest BCUT2D eigenvalue weighted by Crippen LogP contribution is -2.44. The average molecular weight is 475 g/mol. The van der Waals surface area contributed by atoms with Crippen molar-refractivity contribution in [2.75, 3.05) is 18.4 Å². The first-order valence-corrected chi connectivity index (χ1v) is 12.1. The summed E-state index contributed by atoms with van der Waals surface area (Å²) >= 11 is 12.2. The number of amides is 2. The van der Waals surface area contributed by atoms with E-state index in [9.17, 15) is 9.59 Å². The number of para-hydroxylation sites is 2. The highest BCUT2D eigenvalue weighted by atomic mass is 35.5. The van der Waals surface area contributed by atoms with Gasteiger partial charge in [-0.2, -0.15) is 0 Å². The Morgan fingerprint density at radius 3 is 2.31 bits per heavy atom. The third-order valence-electron chi connectivity index (χ3n) is 6.39. The highest BCUT2D eigenvalue weighted by Gasteiger charge is 2.31. The average Bonchev–Trinajstić information content (AvgIpc) is 2.82. The third kappa shape index (κ3) is 5.57. The zero-order chi connectivity index (χ0) is 22.5. The fourth-order valence-corrected chi connectivity index (χ4v) is 4.99. The number of hydrogen-bond donors (Lipinski definition) is 1. The first-order chi connectivity index (χ1) is 15.5. The molecule has 2 fully saturated rings. The van der Waals surface area contributed by atoms with Gasteiger partial charge in [0.25, 0.3) is 0 Å². The number of nitrogens with one attached hydrogen (secondary N) is 1. The molecule has 170 valence electrons. The first kappa shape index (κ1) is 22.9. The van der Waals surface area contributed by atoms with Gasteiger partial charge in [0.15, 0.2) is 5.75 Å². The summed E-state index contributed by atoms with van der Waals surface area (Å²) in [5.41, 5.74) is 0.587. The Balaban J connectivity index is 1.35. The third-order valence-corrected chi connectivity index (χ3v) is 6.92. The van der Waals surface area contributed by atoms with Gasteiger partial charge in [0.1, 0.15) is 5.75 Å². The number of anilines is 1. The quantitative estimate of drug-likeness (QED) is 0.534. The molecule has 0 aromatic heterocycles. The molecule has 1 saturated carbocycles. The Bertz CT molecular complexity index is 967. The molecule has 0 radical (unpaired) electrons. The summed E-state index contributed by atoms with van der Waals surface area (Å²) in [5, 5.41) is 3.92. The number of carbonyl (C=O) groups is 2. The fraction of sp³-hybridized carbons (Fsp3) is 0.440. The molecule has 2 amide bonds. The van der Waals surface area contributed by atoms with Crippen molar-refractivity contribution < 1.29 is 14.3 Å². The molecule has 1 aliphatic heterocycles. The van der Waals surface area contributed by atoms with Crippen LogP contribution in [0.3, 0.4) is 0 Å². The summed E-state index contributed by atoms with van der Waals surface area (Å²) in [5.74, 6) is 1.26. The van der Waals surface area contributed by atoms with Gasteiger partial charge in [-0.05, 0) is 56.0 Å². The van der Waals surface area contributed by atoms with Gasteiger partial charge in [0.05, 0.1) is 10.7 Å². The maximum absolute atomic E-state index is 12.9. The topological polar surface area (TPSA) is 58.6 Å². The molecule has 0 atom stereocenters. The minimum atomic E-state index is -0.127. The molecule has 4 rings (SSSR count). The normalized spacial score (nSPS) is 17.8. The van der Waals surface area contributed by atoms with Crippen LogP contribution in [-0.4, -0.2) is 29.8 Å². The molecule has 0 spiro atoms. The molecule has 2 aliphatic rings. The standard InChI is InChI=1S/C25H28Cl2N2O3/c26-19-10-11-22(20(27)16-19)32-23-9-5-4-8-21(23)28-24(30)17-12-14-29(15-13-17)25(31)18-6-2-1-3-7-18/h4-5,8-11,16-18H,1-3,6-7,12-15H2,(H,28,30). The molecular formula is C25H28Cl2N2O3. The van der Waals surface area contributed by atoms with Crippen LogP contribution in [0.1, 0.15) is 44.9 Å². The number of hydrogen-bond acceptors (Lipinski definition) is 3. The number of rotatable bonds is 5.